The lowest BCUT2D eigenvalue weighted by Crippen LogP contribution is -2.38. The van der Waals surface area contributed by atoms with Gasteiger partial charge in [0.05, 0.1) is 11.1 Å². The lowest BCUT2D eigenvalue weighted by atomic mass is 9.69. The summed E-state index contributed by atoms with van der Waals surface area (Å²) < 4.78 is 20.0. The first kappa shape index (κ1) is 20.3. The summed E-state index contributed by atoms with van der Waals surface area (Å²) in [5.74, 6) is 1.26. The molecule has 162 valence electrons. The van der Waals surface area contributed by atoms with Crippen molar-refractivity contribution < 1.29 is 13.6 Å². The molecule has 2 N–H and O–H groups in total. The Bertz CT molecular complexity index is 1150. The van der Waals surface area contributed by atoms with E-state index in [9.17, 15) is 9.18 Å². The van der Waals surface area contributed by atoms with Gasteiger partial charge in [0.2, 0.25) is 0 Å². The standard InChI is InChI=1S/C25H27FN2O2S/c1-4-25(2,3)14-9-10-16-20(13-14)31-24-21(16)23(29)27-22(28-24)19-12-11-18(30-19)15-7-5-6-8-17(15)26/h5-8,11-12,14,22,28H,4,9-10,13H2,1-3H3,(H,27,29)/t14-,22+/m1/s1. The lowest BCUT2D eigenvalue weighted by Gasteiger charge is -2.36. The summed E-state index contributed by atoms with van der Waals surface area (Å²) in [5, 5.41) is 7.39. The van der Waals surface area contributed by atoms with Crippen LogP contribution in [0.4, 0.5) is 9.39 Å². The van der Waals surface area contributed by atoms with Crippen molar-refractivity contribution in [3.05, 3.63) is 64.0 Å². The fourth-order valence-corrected chi connectivity index (χ4v) is 6.06. The van der Waals surface area contributed by atoms with Gasteiger partial charge in [-0.15, -0.1) is 11.3 Å². The number of carbonyl (C=O) groups excluding carboxylic acids is 1. The molecule has 0 bridgehead atoms. The second-order valence-electron chi connectivity index (χ2n) is 9.22. The van der Waals surface area contributed by atoms with E-state index in [2.05, 4.69) is 31.4 Å². The van der Waals surface area contributed by atoms with Crippen LogP contribution < -0.4 is 10.6 Å². The van der Waals surface area contributed by atoms with Gasteiger partial charge >= 0.3 is 0 Å². The Morgan fingerprint density at radius 1 is 1.19 bits per heavy atom. The minimum atomic E-state index is -0.469. The van der Waals surface area contributed by atoms with Gasteiger partial charge in [0.1, 0.15) is 22.3 Å². The van der Waals surface area contributed by atoms with E-state index in [0.717, 1.165) is 36.2 Å². The molecule has 1 aliphatic carbocycles. The van der Waals surface area contributed by atoms with Gasteiger partial charge in [-0.25, -0.2) is 4.39 Å². The second-order valence-corrected chi connectivity index (χ2v) is 10.3. The monoisotopic (exact) mass is 438 g/mol. The quantitative estimate of drug-likeness (QED) is 0.486. The zero-order valence-electron chi connectivity index (χ0n) is 18.0. The summed E-state index contributed by atoms with van der Waals surface area (Å²) in [6, 6.07) is 10.1. The molecule has 1 aromatic carbocycles. The van der Waals surface area contributed by atoms with Gasteiger partial charge in [-0.05, 0) is 60.4 Å². The third-order valence-electron chi connectivity index (χ3n) is 7.11. The van der Waals surface area contributed by atoms with Crippen LogP contribution in [0.3, 0.4) is 0 Å². The maximum atomic E-state index is 14.1. The molecule has 5 rings (SSSR count). The van der Waals surface area contributed by atoms with Crippen molar-refractivity contribution in [1.82, 2.24) is 5.32 Å². The van der Waals surface area contributed by atoms with E-state index in [4.69, 9.17) is 4.42 Å². The Balaban J connectivity index is 1.41. The highest BCUT2D eigenvalue weighted by molar-refractivity contribution is 7.16. The van der Waals surface area contributed by atoms with Gasteiger partial charge in [-0.1, -0.05) is 39.3 Å². The number of furan rings is 1. The second kappa shape index (κ2) is 7.52. The highest BCUT2D eigenvalue weighted by Gasteiger charge is 2.37. The Morgan fingerprint density at radius 3 is 2.77 bits per heavy atom. The molecule has 0 saturated heterocycles. The average Bonchev–Trinajstić information content (AvgIpc) is 3.38. The largest absolute Gasteiger partial charge is 0.457 e. The molecular weight excluding hydrogens is 411 g/mol. The zero-order chi connectivity index (χ0) is 21.8. The fraction of sp³-hybridized carbons (Fsp3) is 0.400. The van der Waals surface area contributed by atoms with Crippen molar-refractivity contribution in [3.63, 3.8) is 0 Å². The van der Waals surface area contributed by atoms with Gasteiger partial charge in [0.25, 0.3) is 5.91 Å². The summed E-state index contributed by atoms with van der Waals surface area (Å²) >= 11 is 1.70. The van der Waals surface area contributed by atoms with Crippen LogP contribution in [-0.2, 0) is 12.8 Å². The molecule has 3 aromatic rings. The number of amides is 1. The Kier molecular flexibility index (Phi) is 4.93. The first-order valence-corrected chi connectivity index (χ1v) is 11.8. The molecule has 3 heterocycles. The lowest BCUT2D eigenvalue weighted by molar-refractivity contribution is 0.0930. The zero-order valence-corrected chi connectivity index (χ0v) is 18.9. The van der Waals surface area contributed by atoms with Crippen molar-refractivity contribution in [1.29, 1.82) is 0 Å². The molecule has 0 spiro atoms. The predicted molar refractivity (Wildman–Crippen MR) is 122 cm³/mol. The molecule has 1 aliphatic heterocycles. The van der Waals surface area contributed by atoms with Crippen molar-refractivity contribution >= 4 is 22.2 Å². The summed E-state index contributed by atoms with van der Waals surface area (Å²) in [6.45, 7) is 6.95. The molecule has 0 saturated carbocycles. The number of benzene rings is 1. The number of hydrogen-bond acceptors (Lipinski definition) is 4. The van der Waals surface area contributed by atoms with Gasteiger partial charge in [0.15, 0.2) is 6.17 Å². The van der Waals surface area contributed by atoms with E-state index in [-0.39, 0.29) is 11.7 Å². The van der Waals surface area contributed by atoms with Crippen LogP contribution >= 0.6 is 11.3 Å². The topological polar surface area (TPSA) is 54.3 Å². The highest BCUT2D eigenvalue weighted by atomic mass is 32.1. The van der Waals surface area contributed by atoms with Crippen LogP contribution in [0, 0.1) is 17.2 Å². The van der Waals surface area contributed by atoms with E-state index in [1.807, 2.05) is 0 Å². The molecule has 0 fully saturated rings. The minimum absolute atomic E-state index is 0.0618. The third kappa shape index (κ3) is 3.47. The Labute approximate surface area is 185 Å². The Hall–Kier alpha value is -2.60. The molecular formula is C25H27FN2O2S. The maximum Gasteiger partial charge on any atom is 0.256 e. The van der Waals surface area contributed by atoms with E-state index in [1.165, 1.54) is 16.5 Å². The van der Waals surface area contributed by atoms with Gasteiger partial charge in [0, 0.05) is 4.88 Å². The first-order valence-electron chi connectivity index (χ1n) is 10.9. The van der Waals surface area contributed by atoms with Crippen LogP contribution in [0.5, 0.6) is 0 Å². The minimum Gasteiger partial charge on any atom is -0.457 e. The molecule has 31 heavy (non-hydrogen) atoms. The first-order chi connectivity index (χ1) is 14.9. The number of halogens is 1. The number of anilines is 1. The van der Waals surface area contributed by atoms with E-state index >= 15 is 0 Å². The number of rotatable bonds is 4. The smallest absolute Gasteiger partial charge is 0.256 e. The van der Waals surface area contributed by atoms with E-state index < -0.39 is 6.17 Å². The van der Waals surface area contributed by atoms with Crippen LogP contribution in [-0.4, -0.2) is 5.91 Å². The van der Waals surface area contributed by atoms with Crippen molar-refractivity contribution in [2.24, 2.45) is 11.3 Å². The van der Waals surface area contributed by atoms with E-state index in [1.54, 1.807) is 41.7 Å². The van der Waals surface area contributed by atoms with Crippen molar-refractivity contribution in [3.8, 4) is 11.3 Å². The third-order valence-corrected chi connectivity index (χ3v) is 8.30. The van der Waals surface area contributed by atoms with Crippen LogP contribution in [0.15, 0.2) is 40.8 Å². The van der Waals surface area contributed by atoms with Gasteiger partial charge in [-0.2, -0.15) is 0 Å². The number of thiophene rings is 1. The molecule has 1 amide bonds. The van der Waals surface area contributed by atoms with Crippen LogP contribution in [0.25, 0.3) is 11.3 Å². The number of fused-ring (bicyclic) bond motifs is 3. The molecule has 6 heteroatoms. The molecule has 2 aromatic heterocycles. The van der Waals surface area contributed by atoms with Gasteiger partial charge < -0.3 is 15.1 Å². The van der Waals surface area contributed by atoms with Crippen molar-refractivity contribution in [2.45, 2.75) is 52.6 Å². The summed E-state index contributed by atoms with van der Waals surface area (Å²) in [4.78, 5) is 14.4. The fourth-order valence-electron chi connectivity index (χ4n) is 4.71. The number of nitrogens with one attached hydrogen (secondary N) is 2. The van der Waals surface area contributed by atoms with E-state index in [0.29, 0.717) is 28.4 Å². The average molecular weight is 439 g/mol. The summed E-state index contributed by atoms with van der Waals surface area (Å²) in [5.41, 5.74) is 2.72. The van der Waals surface area contributed by atoms with Crippen molar-refractivity contribution in [2.75, 3.05) is 5.32 Å². The molecule has 4 nitrogen and oxygen atoms in total. The van der Waals surface area contributed by atoms with Crippen LogP contribution in [0.1, 0.15) is 66.3 Å². The SMILES string of the molecule is CCC(C)(C)[C@@H]1CCc2c(sc3c2C(=O)N[C@H](c2ccc(-c4ccccc4F)o2)N3)C1. The summed E-state index contributed by atoms with van der Waals surface area (Å²) in [7, 11) is 0. The molecule has 2 aliphatic rings. The molecule has 0 unspecified atom stereocenters. The number of hydrogen-bond donors (Lipinski definition) is 2. The van der Waals surface area contributed by atoms with Gasteiger partial charge in [-0.3, -0.25) is 4.79 Å². The highest BCUT2D eigenvalue weighted by Crippen LogP contribution is 2.47. The summed E-state index contributed by atoms with van der Waals surface area (Å²) in [6.07, 6.45) is 3.79. The normalized spacial score (nSPS) is 20.6. The molecule has 2 atom stereocenters. The predicted octanol–water partition coefficient (Wildman–Crippen LogP) is 6.54. The van der Waals surface area contributed by atoms with Crippen LogP contribution in [0.2, 0.25) is 0 Å². The molecule has 0 radical (unpaired) electrons. The number of carbonyl (C=O) groups is 1. The Morgan fingerprint density at radius 2 is 2.00 bits per heavy atom. The maximum absolute atomic E-state index is 14.1.